The maximum atomic E-state index is 12.4. The van der Waals surface area contributed by atoms with Crippen LogP contribution in [0.5, 0.6) is 0 Å². The van der Waals surface area contributed by atoms with Crippen molar-refractivity contribution in [1.82, 2.24) is 9.80 Å². The molecule has 1 amide bonds. The fourth-order valence-corrected chi connectivity index (χ4v) is 2.90. The first-order valence-corrected chi connectivity index (χ1v) is 7.78. The van der Waals surface area contributed by atoms with E-state index in [1.165, 1.54) is 12.8 Å². The van der Waals surface area contributed by atoms with Gasteiger partial charge in [0, 0.05) is 29.5 Å². The third-order valence-corrected chi connectivity index (χ3v) is 4.45. The second-order valence-corrected chi connectivity index (χ2v) is 6.31. The fourth-order valence-electron chi connectivity index (χ4n) is 2.28. The van der Waals surface area contributed by atoms with Crippen LogP contribution in [-0.2, 0) is 0 Å². The lowest BCUT2D eigenvalue weighted by Gasteiger charge is -2.22. The van der Waals surface area contributed by atoms with Crippen molar-refractivity contribution in [3.8, 4) is 0 Å². The van der Waals surface area contributed by atoms with Crippen LogP contribution in [-0.4, -0.2) is 48.9 Å². The number of likely N-dealkylation sites (N-methyl/N-ethyl adjacent to an activating group) is 1. The standard InChI is InChI=1S/C14H19BrN2OS/c1-16(8-9-17-6-2-3-7-17)14(18)12-10-11(19)4-5-13(12)15/h4-5,10,19H,2-3,6-9H2,1H3. The van der Waals surface area contributed by atoms with Crippen LogP contribution < -0.4 is 0 Å². The normalized spacial score (nSPS) is 15.7. The largest absolute Gasteiger partial charge is 0.340 e. The molecular weight excluding hydrogens is 324 g/mol. The molecule has 1 saturated heterocycles. The van der Waals surface area contributed by atoms with Gasteiger partial charge in [-0.05, 0) is 60.1 Å². The van der Waals surface area contributed by atoms with Crippen molar-refractivity contribution in [3.63, 3.8) is 0 Å². The highest BCUT2D eigenvalue weighted by Crippen LogP contribution is 2.21. The summed E-state index contributed by atoms with van der Waals surface area (Å²) in [5.41, 5.74) is 0.677. The minimum Gasteiger partial charge on any atom is -0.340 e. The van der Waals surface area contributed by atoms with Gasteiger partial charge < -0.3 is 9.80 Å². The van der Waals surface area contributed by atoms with E-state index in [1.54, 1.807) is 4.90 Å². The number of hydrogen-bond donors (Lipinski definition) is 1. The van der Waals surface area contributed by atoms with Gasteiger partial charge in [-0.15, -0.1) is 12.6 Å². The molecule has 0 spiro atoms. The van der Waals surface area contributed by atoms with Crippen molar-refractivity contribution in [2.24, 2.45) is 0 Å². The third kappa shape index (κ3) is 3.97. The van der Waals surface area contributed by atoms with Gasteiger partial charge in [0.1, 0.15) is 0 Å². The molecule has 1 aromatic rings. The fraction of sp³-hybridized carbons (Fsp3) is 0.500. The Hall–Kier alpha value is -0.520. The van der Waals surface area contributed by atoms with Gasteiger partial charge in [0.05, 0.1) is 5.56 Å². The molecule has 19 heavy (non-hydrogen) atoms. The Morgan fingerprint density at radius 2 is 2.11 bits per heavy atom. The average molecular weight is 343 g/mol. The van der Waals surface area contributed by atoms with Gasteiger partial charge in [0.25, 0.3) is 5.91 Å². The molecule has 3 nitrogen and oxygen atoms in total. The second kappa shape index (κ2) is 6.77. The molecular formula is C14H19BrN2OS. The van der Waals surface area contributed by atoms with Gasteiger partial charge in [0.15, 0.2) is 0 Å². The Balaban J connectivity index is 1.95. The van der Waals surface area contributed by atoms with E-state index in [2.05, 4.69) is 33.5 Å². The number of amides is 1. The summed E-state index contributed by atoms with van der Waals surface area (Å²) < 4.78 is 0.823. The van der Waals surface area contributed by atoms with E-state index in [4.69, 9.17) is 0 Å². The molecule has 1 heterocycles. The van der Waals surface area contributed by atoms with E-state index in [0.29, 0.717) is 5.56 Å². The van der Waals surface area contributed by atoms with Crippen molar-refractivity contribution < 1.29 is 4.79 Å². The van der Waals surface area contributed by atoms with Gasteiger partial charge in [-0.3, -0.25) is 4.79 Å². The third-order valence-electron chi connectivity index (χ3n) is 3.48. The Kier molecular flexibility index (Phi) is 5.30. The van der Waals surface area contributed by atoms with Crippen molar-refractivity contribution >= 4 is 34.5 Å². The minimum absolute atomic E-state index is 0.0435. The summed E-state index contributed by atoms with van der Waals surface area (Å²) in [5.74, 6) is 0.0435. The Morgan fingerprint density at radius 1 is 1.42 bits per heavy atom. The van der Waals surface area contributed by atoms with Gasteiger partial charge in [-0.2, -0.15) is 0 Å². The van der Waals surface area contributed by atoms with Gasteiger partial charge in [0.2, 0.25) is 0 Å². The van der Waals surface area contributed by atoms with Crippen molar-refractivity contribution in [2.75, 3.05) is 33.2 Å². The summed E-state index contributed by atoms with van der Waals surface area (Å²) in [6, 6.07) is 5.54. The number of carbonyl (C=O) groups is 1. The number of thiol groups is 1. The molecule has 0 bridgehead atoms. The Bertz CT molecular complexity index is 461. The lowest BCUT2D eigenvalue weighted by molar-refractivity contribution is 0.0781. The molecule has 1 aromatic carbocycles. The predicted molar refractivity (Wildman–Crippen MR) is 84.0 cm³/mol. The molecule has 0 aromatic heterocycles. The zero-order chi connectivity index (χ0) is 13.8. The predicted octanol–water partition coefficient (Wildman–Crippen LogP) is 2.91. The van der Waals surface area contributed by atoms with Crippen molar-refractivity contribution in [3.05, 3.63) is 28.2 Å². The van der Waals surface area contributed by atoms with E-state index >= 15 is 0 Å². The molecule has 1 aliphatic heterocycles. The summed E-state index contributed by atoms with van der Waals surface area (Å²) in [4.78, 5) is 17.4. The maximum Gasteiger partial charge on any atom is 0.254 e. The quantitative estimate of drug-likeness (QED) is 0.850. The Labute approximate surface area is 128 Å². The summed E-state index contributed by atoms with van der Waals surface area (Å²) in [5, 5.41) is 0. The Morgan fingerprint density at radius 3 is 2.79 bits per heavy atom. The SMILES string of the molecule is CN(CCN1CCCC1)C(=O)c1cc(S)ccc1Br. The average Bonchev–Trinajstić information content (AvgIpc) is 2.91. The van der Waals surface area contributed by atoms with Crippen LogP contribution in [0.1, 0.15) is 23.2 Å². The van der Waals surface area contributed by atoms with Crippen LogP contribution in [0, 0.1) is 0 Å². The molecule has 0 unspecified atom stereocenters. The van der Waals surface area contributed by atoms with E-state index < -0.39 is 0 Å². The van der Waals surface area contributed by atoms with Crippen LogP contribution in [0.15, 0.2) is 27.6 Å². The molecule has 5 heteroatoms. The van der Waals surface area contributed by atoms with Gasteiger partial charge >= 0.3 is 0 Å². The molecule has 0 aliphatic carbocycles. The molecule has 2 rings (SSSR count). The minimum atomic E-state index is 0.0435. The molecule has 0 radical (unpaired) electrons. The number of rotatable bonds is 4. The highest BCUT2D eigenvalue weighted by Gasteiger charge is 2.17. The van der Waals surface area contributed by atoms with Crippen LogP contribution in [0.3, 0.4) is 0 Å². The molecule has 0 saturated carbocycles. The lowest BCUT2D eigenvalue weighted by Crippen LogP contribution is -2.35. The molecule has 0 N–H and O–H groups in total. The van der Waals surface area contributed by atoms with E-state index in [1.807, 2.05) is 25.2 Å². The molecule has 104 valence electrons. The maximum absolute atomic E-state index is 12.4. The summed E-state index contributed by atoms with van der Waals surface area (Å²) >= 11 is 7.71. The van der Waals surface area contributed by atoms with Crippen LogP contribution >= 0.6 is 28.6 Å². The number of likely N-dealkylation sites (tertiary alicyclic amines) is 1. The van der Waals surface area contributed by atoms with E-state index in [9.17, 15) is 4.79 Å². The lowest BCUT2D eigenvalue weighted by atomic mass is 10.2. The van der Waals surface area contributed by atoms with Crippen molar-refractivity contribution in [2.45, 2.75) is 17.7 Å². The number of hydrogen-bond acceptors (Lipinski definition) is 3. The van der Waals surface area contributed by atoms with E-state index in [-0.39, 0.29) is 5.91 Å². The first-order chi connectivity index (χ1) is 9.08. The number of halogens is 1. The number of nitrogens with zero attached hydrogens (tertiary/aromatic N) is 2. The van der Waals surface area contributed by atoms with Gasteiger partial charge in [-0.1, -0.05) is 0 Å². The molecule has 0 atom stereocenters. The number of benzene rings is 1. The first-order valence-electron chi connectivity index (χ1n) is 6.54. The monoisotopic (exact) mass is 342 g/mol. The zero-order valence-corrected chi connectivity index (χ0v) is 13.6. The first kappa shape index (κ1) is 14.9. The molecule has 1 aliphatic rings. The highest BCUT2D eigenvalue weighted by atomic mass is 79.9. The topological polar surface area (TPSA) is 23.6 Å². The van der Waals surface area contributed by atoms with Crippen LogP contribution in [0.2, 0.25) is 0 Å². The number of carbonyl (C=O) groups excluding carboxylic acids is 1. The zero-order valence-electron chi connectivity index (χ0n) is 11.1. The van der Waals surface area contributed by atoms with E-state index in [0.717, 1.165) is 35.5 Å². The summed E-state index contributed by atoms with van der Waals surface area (Å²) in [7, 11) is 1.86. The van der Waals surface area contributed by atoms with Crippen LogP contribution in [0.4, 0.5) is 0 Å². The van der Waals surface area contributed by atoms with Crippen LogP contribution in [0.25, 0.3) is 0 Å². The smallest absolute Gasteiger partial charge is 0.254 e. The summed E-state index contributed by atoms with van der Waals surface area (Å²) in [6.07, 6.45) is 2.57. The molecule has 1 fully saturated rings. The van der Waals surface area contributed by atoms with Crippen molar-refractivity contribution in [1.29, 1.82) is 0 Å². The summed E-state index contributed by atoms with van der Waals surface area (Å²) in [6.45, 7) is 4.05. The second-order valence-electron chi connectivity index (χ2n) is 4.94. The highest BCUT2D eigenvalue weighted by molar-refractivity contribution is 9.10. The van der Waals surface area contributed by atoms with Gasteiger partial charge in [-0.25, -0.2) is 0 Å².